The van der Waals surface area contributed by atoms with Crippen LogP contribution in [-0.4, -0.2) is 58.5 Å². The molecule has 0 bridgehead atoms. The fourth-order valence-corrected chi connectivity index (χ4v) is 3.96. The minimum atomic E-state index is -0.519. The first kappa shape index (κ1) is 28.8. The van der Waals surface area contributed by atoms with Crippen molar-refractivity contribution in [2.24, 2.45) is 0 Å². The normalized spacial score (nSPS) is 18.4. The Morgan fingerprint density at radius 2 is 1.86 bits per heavy atom. The fourth-order valence-electron chi connectivity index (χ4n) is 3.96. The van der Waals surface area contributed by atoms with Crippen molar-refractivity contribution in [3.05, 3.63) is 59.9 Å². The molecule has 8 nitrogen and oxygen atoms in total. The molecular formula is C28H39N5O3. The lowest BCUT2D eigenvalue weighted by atomic mass is 9.87. The number of carbonyl (C=O) groups is 2. The quantitative estimate of drug-likeness (QED) is 0.484. The predicted molar refractivity (Wildman–Crippen MR) is 141 cm³/mol. The van der Waals surface area contributed by atoms with Crippen molar-refractivity contribution in [3.8, 4) is 6.19 Å². The highest BCUT2D eigenvalue weighted by Crippen LogP contribution is 2.29. The molecule has 2 heterocycles. The number of hydrogen-bond donors (Lipinski definition) is 2. The van der Waals surface area contributed by atoms with Crippen LogP contribution in [0.3, 0.4) is 0 Å². The Balaban J connectivity index is 0.000000380. The topological polar surface area (TPSA) is 110 Å². The molecule has 1 amide bonds. The average molecular weight is 494 g/mol. The summed E-state index contributed by atoms with van der Waals surface area (Å²) >= 11 is 0. The summed E-state index contributed by atoms with van der Waals surface area (Å²) in [5.41, 5.74) is 2.94. The van der Waals surface area contributed by atoms with Gasteiger partial charge in [-0.25, -0.2) is 0 Å². The number of likely N-dealkylation sites (tertiary alicyclic amines) is 1. The Morgan fingerprint density at radius 1 is 1.22 bits per heavy atom. The molecule has 0 saturated carbocycles. The highest BCUT2D eigenvalue weighted by molar-refractivity contribution is 5.87. The molecule has 0 spiro atoms. The second-order valence-electron chi connectivity index (χ2n) is 11.2. The van der Waals surface area contributed by atoms with Gasteiger partial charge in [-0.1, -0.05) is 39.0 Å². The van der Waals surface area contributed by atoms with E-state index < -0.39 is 18.2 Å². The maximum Gasteiger partial charge on any atom is 0.247 e. The molecule has 1 aliphatic rings. The Labute approximate surface area is 214 Å². The van der Waals surface area contributed by atoms with Crippen LogP contribution in [0.4, 0.5) is 5.69 Å². The van der Waals surface area contributed by atoms with Crippen molar-refractivity contribution in [3.63, 3.8) is 0 Å². The molecule has 0 radical (unpaired) electrons. The van der Waals surface area contributed by atoms with Crippen LogP contribution in [0.5, 0.6) is 0 Å². The number of aliphatic hydroxyl groups is 1. The van der Waals surface area contributed by atoms with Crippen LogP contribution in [0, 0.1) is 11.5 Å². The number of nitriles is 1. The molecule has 3 rings (SSSR count). The van der Waals surface area contributed by atoms with Crippen molar-refractivity contribution in [1.82, 2.24) is 15.2 Å². The molecule has 1 fully saturated rings. The van der Waals surface area contributed by atoms with Gasteiger partial charge in [0.05, 0.1) is 18.7 Å². The third-order valence-corrected chi connectivity index (χ3v) is 5.88. The van der Waals surface area contributed by atoms with Crippen LogP contribution < -0.4 is 10.2 Å². The van der Waals surface area contributed by atoms with Gasteiger partial charge in [-0.05, 0) is 49.9 Å². The summed E-state index contributed by atoms with van der Waals surface area (Å²) in [6, 6.07) is 11.4. The van der Waals surface area contributed by atoms with Crippen molar-refractivity contribution in [2.45, 2.75) is 77.1 Å². The van der Waals surface area contributed by atoms with E-state index in [0.29, 0.717) is 19.3 Å². The lowest BCUT2D eigenvalue weighted by Crippen LogP contribution is -2.47. The molecular weight excluding hydrogens is 454 g/mol. The van der Waals surface area contributed by atoms with E-state index in [1.807, 2.05) is 51.0 Å². The number of aromatic nitrogens is 1. The number of pyridine rings is 1. The van der Waals surface area contributed by atoms with Crippen LogP contribution in [0.2, 0.25) is 0 Å². The minimum Gasteiger partial charge on any atom is -0.391 e. The molecule has 1 saturated heterocycles. The van der Waals surface area contributed by atoms with Gasteiger partial charge in [0.15, 0.2) is 6.19 Å². The molecule has 1 aliphatic heterocycles. The standard InChI is InChI=1S/C22H31N3O.C6H8N2O2/c1-21(2,3)17-10-12-18(13-11-17)25(7)19(16-9-8-14-23-15-16)20(26)24-22(4,5)6;7-4-8-2-6(10)1-5(8)3-9/h8-15,19H,1-7H3,(H,24,26);3,5-6,10H,1-2H2. The Bertz CT molecular complexity index is 1040. The van der Waals surface area contributed by atoms with Crippen LogP contribution >= 0.6 is 0 Å². The Hall–Kier alpha value is -3.44. The number of β-amino-alcohol motifs (C(OH)–C–C–N with tert-alkyl or cyclic N) is 1. The highest BCUT2D eigenvalue weighted by Gasteiger charge is 2.30. The second kappa shape index (κ2) is 12.0. The number of nitrogens with zero attached hydrogens (tertiary/aromatic N) is 4. The minimum absolute atomic E-state index is 0.0344. The first-order chi connectivity index (χ1) is 16.8. The number of aldehydes is 1. The third-order valence-electron chi connectivity index (χ3n) is 5.88. The second-order valence-corrected chi connectivity index (χ2v) is 11.2. The van der Waals surface area contributed by atoms with Gasteiger partial charge >= 0.3 is 0 Å². The van der Waals surface area contributed by atoms with Crippen molar-refractivity contribution in [1.29, 1.82) is 5.26 Å². The van der Waals surface area contributed by atoms with Crippen LogP contribution in [0.15, 0.2) is 48.8 Å². The SMILES string of the molecule is CN(c1ccc(C(C)(C)C)cc1)C(C(=O)NC(C)(C)C)c1cccnc1.N#CN1CC(O)CC1C=O. The fraction of sp³-hybridized carbons (Fsp3) is 0.500. The van der Waals surface area contributed by atoms with E-state index >= 15 is 0 Å². The molecule has 1 aromatic heterocycles. The lowest BCUT2D eigenvalue weighted by molar-refractivity contribution is -0.124. The number of aliphatic hydroxyl groups excluding tert-OH is 1. The summed E-state index contributed by atoms with van der Waals surface area (Å²) in [4.78, 5) is 30.7. The molecule has 3 unspecified atom stereocenters. The van der Waals surface area contributed by atoms with Gasteiger partial charge in [-0.3, -0.25) is 14.7 Å². The number of nitrogens with one attached hydrogen (secondary N) is 1. The Morgan fingerprint density at radius 3 is 2.31 bits per heavy atom. The molecule has 36 heavy (non-hydrogen) atoms. The average Bonchev–Trinajstić information content (AvgIpc) is 3.18. The number of benzene rings is 1. The summed E-state index contributed by atoms with van der Waals surface area (Å²) in [5.74, 6) is -0.0344. The molecule has 3 atom stereocenters. The molecule has 1 aromatic carbocycles. The molecule has 0 aliphatic carbocycles. The summed E-state index contributed by atoms with van der Waals surface area (Å²) in [6.45, 7) is 12.8. The maximum absolute atomic E-state index is 13.0. The zero-order chi connectivity index (χ0) is 27.1. The summed E-state index contributed by atoms with van der Waals surface area (Å²) in [6.07, 6.45) is 5.88. The largest absolute Gasteiger partial charge is 0.391 e. The van der Waals surface area contributed by atoms with E-state index in [2.05, 4.69) is 55.3 Å². The summed E-state index contributed by atoms with van der Waals surface area (Å²) in [5, 5.41) is 20.5. The summed E-state index contributed by atoms with van der Waals surface area (Å²) < 4.78 is 0. The molecule has 2 aromatic rings. The van der Waals surface area contributed by atoms with E-state index in [1.165, 1.54) is 10.5 Å². The van der Waals surface area contributed by atoms with Crippen LogP contribution in [-0.2, 0) is 15.0 Å². The monoisotopic (exact) mass is 493 g/mol. The van der Waals surface area contributed by atoms with Crippen molar-refractivity contribution < 1.29 is 14.7 Å². The van der Waals surface area contributed by atoms with Crippen LogP contribution in [0.1, 0.15) is 65.1 Å². The smallest absolute Gasteiger partial charge is 0.247 e. The van der Waals surface area contributed by atoms with Gasteiger partial charge in [-0.15, -0.1) is 0 Å². The zero-order valence-electron chi connectivity index (χ0n) is 22.4. The maximum atomic E-state index is 13.0. The summed E-state index contributed by atoms with van der Waals surface area (Å²) in [7, 11) is 1.95. The molecule has 2 N–H and O–H groups in total. The van der Waals surface area contributed by atoms with Gasteiger partial charge in [0.1, 0.15) is 12.3 Å². The van der Waals surface area contributed by atoms with E-state index in [0.717, 1.165) is 11.3 Å². The van der Waals surface area contributed by atoms with Gasteiger partial charge in [0.2, 0.25) is 5.91 Å². The van der Waals surface area contributed by atoms with E-state index in [-0.39, 0.29) is 16.9 Å². The number of likely N-dealkylation sites (N-methyl/N-ethyl adjacent to an activating group) is 1. The van der Waals surface area contributed by atoms with Gasteiger partial charge in [0, 0.05) is 42.7 Å². The van der Waals surface area contributed by atoms with Crippen molar-refractivity contribution in [2.75, 3.05) is 18.5 Å². The predicted octanol–water partition coefficient (Wildman–Crippen LogP) is 3.57. The van der Waals surface area contributed by atoms with E-state index in [9.17, 15) is 9.59 Å². The Kier molecular flexibility index (Phi) is 9.60. The number of carbonyl (C=O) groups excluding carboxylic acids is 2. The third kappa shape index (κ3) is 8.06. The highest BCUT2D eigenvalue weighted by atomic mass is 16.3. The van der Waals surface area contributed by atoms with Crippen molar-refractivity contribution >= 4 is 17.9 Å². The number of anilines is 1. The van der Waals surface area contributed by atoms with Gasteiger partial charge in [-0.2, -0.15) is 5.26 Å². The van der Waals surface area contributed by atoms with Gasteiger partial charge in [0.25, 0.3) is 0 Å². The zero-order valence-corrected chi connectivity index (χ0v) is 22.4. The van der Waals surface area contributed by atoms with Crippen LogP contribution in [0.25, 0.3) is 0 Å². The first-order valence-electron chi connectivity index (χ1n) is 12.1. The number of hydrogen-bond acceptors (Lipinski definition) is 7. The first-order valence-corrected chi connectivity index (χ1v) is 12.1. The van der Waals surface area contributed by atoms with E-state index in [1.54, 1.807) is 12.4 Å². The number of rotatable bonds is 5. The lowest BCUT2D eigenvalue weighted by Gasteiger charge is -2.32. The molecule has 194 valence electrons. The molecule has 8 heteroatoms. The van der Waals surface area contributed by atoms with E-state index in [4.69, 9.17) is 10.4 Å². The number of amides is 1. The van der Waals surface area contributed by atoms with Gasteiger partial charge < -0.3 is 20.1 Å².